The van der Waals surface area contributed by atoms with Gasteiger partial charge >= 0.3 is 12.1 Å². The SMILES string of the molecule is CCOC(=O)C1C=NN2C(N(C)C(=O)OC(C)(C)C)=CC(c3ccn(-c4ccccc4)n3)=NC12. The monoisotopic (exact) mass is 464 g/mol. The molecule has 0 bridgehead atoms. The fraction of sp³-hybridized carbons (Fsp3) is 0.375. The van der Waals surface area contributed by atoms with E-state index in [4.69, 9.17) is 14.5 Å². The summed E-state index contributed by atoms with van der Waals surface area (Å²) in [5.41, 5.74) is 1.33. The van der Waals surface area contributed by atoms with E-state index < -0.39 is 29.7 Å². The number of nitrogens with zero attached hydrogens (tertiary/aromatic N) is 6. The number of hydrogen-bond acceptors (Lipinski definition) is 8. The molecule has 3 heterocycles. The predicted molar refractivity (Wildman–Crippen MR) is 126 cm³/mol. The van der Waals surface area contributed by atoms with Gasteiger partial charge in [0.05, 0.1) is 18.0 Å². The van der Waals surface area contributed by atoms with Crippen molar-refractivity contribution in [3.63, 3.8) is 0 Å². The molecule has 2 aliphatic heterocycles. The number of carbonyl (C=O) groups excluding carboxylic acids is 2. The number of aromatic nitrogens is 2. The average molecular weight is 465 g/mol. The summed E-state index contributed by atoms with van der Waals surface area (Å²) in [7, 11) is 1.59. The number of hydrogen-bond donors (Lipinski definition) is 0. The van der Waals surface area contributed by atoms with Gasteiger partial charge in [0.25, 0.3) is 0 Å². The molecule has 2 aromatic rings. The molecule has 1 amide bonds. The maximum atomic E-state index is 12.8. The molecular weight excluding hydrogens is 436 g/mol. The van der Waals surface area contributed by atoms with Crippen LogP contribution in [0.5, 0.6) is 0 Å². The molecule has 0 fully saturated rings. The Hall–Kier alpha value is -3.95. The molecule has 0 N–H and O–H groups in total. The quantitative estimate of drug-likeness (QED) is 0.630. The van der Waals surface area contributed by atoms with Crippen LogP contribution in [0, 0.1) is 5.92 Å². The number of para-hydroxylation sites is 1. The second kappa shape index (κ2) is 9.12. The molecule has 4 rings (SSSR count). The molecule has 2 atom stereocenters. The van der Waals surface area contributed by atoms with Crippen LogP contribution in [-0.4, -0.2) is 69.1 Å². The van der Waals surface area contributed by atoms with Crippen LogP contribution < -0.4 is 0 Å². The molecule has 2 unspecified atom stereocenters. The fourth-order valence-corrected chi connectivity index (χ4v) is 3.56. The number of rotatable bonds is 5. The van der Waals surface area contributed by atoms with E-state index in [1.807, 2.05) is 42.6 Å². The van der Waals surface area contributed by atoms with Gasteiger partial charge in [-0.15, -0.1) is 0 Å². The lowest BCUT2D eigenvalue weighted by Crippen LogP contribution is -2.45. The molecule has 0 radical (unpaired) electrons. The molecule has 10 heteroatoms. The Labute approximate surface area is 198 Å². The van der Waals surface area contributed by atoms with Gasteiger partial charge in [-0.3, -0.25) is 14.7 Å². The number of amides is 1. The van der Waals surface area contributed by atoms with Crippen molar-refractivity contribution in [2.24, 2.45) is 16.0 Å². The highest BCUT2D eigenvalue weighted by molar-refractivity contribution is 6.09. The molecule has 0 spiro atoms. The minimum Gasteiger partial charge on any atom is -0.465 e. The van der Waals surface area contributed by atoms with Crippen LogP contribution in [0.3, 0.4) is 0 Å². The molecule has 178 valence electrons. The van der Waals surface area contributed by atoms with Gasteiger partial charge in [0.1, 0.15) is 23.0 Å². The summed E-state index contributed by atoms with van der Waals surface area (Å²) in [5, 5.41) is 10.5. The van der Waals surface area contributed by atoms with E-state index in [9.17, 15) is 9.59 Å². The van der Waals surface area contributed by atoms with E-state index in [1.165, 1.54) is 16.1 Å². The number of benzene rings is 1. The Morgan fingerprint density at radius 3 is 2.56 bits per heavy atom. The van der Waals surface area contributed by atoms with Gasteiger partial charge in [-0.05, 0) is 45.9 Å². The van der Waals surface area contributed by atoms with Crippen LogP contribution in [0.2, 0.25) is 0 Å². The average Bonchev–Trinajstić information content (AvgIpc) is 3.45. The first-order valence-electron chi connectivity index (χ1n) is 11.1. The molecule has 1 aromatic carbocycles. The Morgan fingerprint density at radius 2 is 1.88 bits per heavy atom. The maximum absolute atomic E-state index is 12.8. The predicted octanol–water partition coefficient (Wildman–Crippen LogP) is 3.19. The normalized spacial score (nSPS) is 19.3. The van der Waals surface area contributed by atoms with E-state index in [1.54, 1.807) is 45.5 Å². The number of allylic oxidation sites excluding steroid dienone is 1. The molecule has 0 saturated carbocycles. The Morgan fingerprint density at radius 1 is 1.15 bits per heavy atom. The molecule has 10 nitrogen and oxygen atoms in total. The molecule has 2 aliphatic rings. The highest BCUT2D eigenvalue weighted by Gasteiger charge is 2.43. The summed E-state index contributed by atoms with van der Waals surface area (Å²) in [6.07, 6.45) is 3.78. The van der Waals surface area contributed by atoms with Gasteiger partial charge in [-0.1, -0.05) is 18.2 Å². The van der Waals surface area contributed by atoms with Crippen LogP contribution in [0.4, 0.5) is 4.79 Å². The van der Waals surface area contributed by atoms with Crippen molar-refractivity contribution in [2.75, 3.05) is 13.7 Å². The lowest BCUT2D eigenvalue weighted by Gasteiger charge is -2.34. The number of carbonyl (C=O) groups is 2. The third kappa shape index (κ3) is 4.70. The molecule has 0 saturated heterocycles. The van der Waals surface area contributed by atoms with Crippen LogP contribution in [0.1, 0.15) is 33.4 Å². The second-order valence-corrected chi connectivity index (χ2v) is 8.84. The lowest BCUT2D eigenvalue weighted by atomic mass is 10.1. The highest BCUT2D eigenvalue weighted by atomic mass is 16.6. The van der Waals surface area contributed by atoms with Gasteiger partial charge < -0.3 is 9.47 Å². The molecule has 0 aliphatic carbocycles. The van der Waals surface area contributed by atoms with Crippen molar-refractivity contribution in [2.45, 2.75) is 39.5 Å². The molecule has 1 aromatic heterocycles. The number of hydrazone groups is 1. The third-order valence-electron chi connectivity index (χ3n) is 5.14. The second-order valence-electron chi connectivity index (χ2n) is 8.84. The minimum atomic E-state index is -0.720. The largest absolute Gasteiger partial charge is 0.465 e. The van der Waals surface area contributed by atoms with E-state index in [2.05, 4.69) is 10.2 Å². The van der Waals surface area contributed by atoms with Gasteiger partial charge in [-0.2, -0.15) is 10.2 Å². The van der Waals surface area contributed by atoms with Crippen molar-refractivity contribution < 1.29 is 19.1 Å². The fourth-order valence-electron chi connectivity index (χ4n) is 3.56. The van der Waals surface area contributed by atoms with E-state index >= 15 is 0 Å². The Kier molecular flexibility index (Phi) is 6.23. The zero-order chi connectivity index (χ0) is 24.5. The van der Waals surface area contributed by atoms with Crippen molar-refractivity contribution in [3.8, 4) is 5.69 Å². The first kappa shape index (κ1) is 23.2. The summed E-state index contributed by atoms with van der Waals surface area (Å²) in [4.78, 5) is 31.5. The zero-order valence-electron chi connectivity index (χ0n) is 19.9. The number of ether oxygens (including phenoxy) is 2. The number of aliphatic imine (C=N–C) groups is 1. The number of fused-ring (bicyclic) bond motifs is 1. The Balaban J connectivity index is 1.71. The topological polar surface area (TPSA) is 102 Å². The zero-order valence-corrected chi connectivity index (χ0v) is 19.9. The van der Waals surface area contributed by atoms with Crippen molar-refractivity contribution in [1.82, 2.24) is 19.7 Å². The van der Waals surface area contributed by atoms with Crippen LogP contribution >= 0.6 is 0 Å². The Bertz CT molecular complexity index is 1160. The summed E-state index contributed by atoms with van der Waals surface area (Å²) < 4.78 is 12.5. The minimum absolute atomic E-state index is 0.244. The van der Waals surface area contributed by atoms with E-state index in [0.29, 0.717) is 17.2 Å². The van der Waals surface area contributed by atoms with E-state index in [-0.39, 0.29) is 6.61 Å². The first-order chi connectivity index (χ1) is 16.2. The van der Waals surface area contributed by atoms with Crippen molar-refractivity contribution >= 4 is 24.0 Å². The third-order valence-corrected chi connectivity index (χ3v) is 5.14. The smallest absolute Gasteiger partial charge is 0.415 e. The van der Waals surface area contributed by atoms with Gasteiger partial charge in [0.2, 0.25) is 0 Å². The first-order valence-corrected chi connectivity index (χ1v) is 11.1. The van der Waals surface area contributed by atoms with Gasteiger partial charge in [0, 0.05) is 25.5 Å². The van der Waals surface area contributed by atoms with Crippen LogP contribution in [-0.2, 0) is 14.3 Å². The highest BCUT2D eigenvalue weighted by Crippen LogP contribution is 2.31. The summed E-state index contributed by atoms with van der Waals surface area (Å²) >= 11 is 0. The van der Waals surface area contributed by atoms with Crippen molar-refractivity contribution in [3.05, 3.63) is 60.2 Å². The van der Waals surface area contributed by atoms with Gasteiger partial charge in [0.15, 0.2) is 6.17 Å². The molecular formula is C24H28N6O4. The molecule has 34 heavy (non-hydrogen) atoms. The van der Waals surface area contributed by atoms with Crippen molar-refractivity contribution in [1.29, 1.82) is 0 Å². The standard InChI is InChI=1S/C24H28N6O4/c1-6-33-22(31)17-15-25-30-20(28(5)23(32)34-24(2,3)4)14-19(26-21(17)30)18-12-13-29(27-18)16-10-8-7-9-11-16/h7-15,17,21H,6H2,1-5H3. The lowest BCUT2D eigenvalue weighted by molar-refractivity contribution is -0.146. The maximum Gasteiger partial charge on any atom is 0.415 e. The summed E-state index contributed by atoms with van der Waals surface area (Å²) in [6, 6.07) is 11.5. The summed E-state index contributed by atoms with van der Waals surface area (Å²) in [5.74, 6) is -0.735. The van der Waals surface area contributed by atoms with Crippen LogP contribution in [0.15, 0.2) is 64.6 Å². The number of esters is 1. The summed E-state index contributed by atoms with van der Waals surface area (Å²) in [6.45, 7) is 7.38. The van der Waals surface area contributed by atoms with Gasteiger partial charge in [-0.25, -0.2) is 14.5 Å². The van der Waals surface area contributed by atoms with E-state index in [0.717, 1.165) is 5.69 Å². The van der Waals surface area contributed by atoms with Crippen LogP contribution in [0.25, 0.3) is 5.69 Å².